The zero-order chi connectivity index (χ0) is 8.27. The summed E-state index contributed by atoms with van der Waals surface area (Å²) in [5.41, 5.74) is 0. The number of methoxy groups -OCH3 is 1. The first-order valence-electron chi connectivity index (χ1n) is 3.85. The molecule has 0 heterocycles. The fourth-order valence-corrected chi connectivity index (χ4v) is 2.12. The molecule has 3 nitrogen and oxygen atoms in total. The molecule has 1 aliphatic rings. The molecule has 0 amide bonds. The number of ether oxygens (including phenoxy) is 1. The Bertz CT molecular complexity index is 146. The summed E-state index contributed by atoms with van der Waals surface area (Å²) in [6, 6.07) is 0. The molecule has 1 fully saturated rings. The van der Waals surface area contributed by atoms with Gasteiger partial charge in [-0.25, -0.2) is 0 Å². The smallest absolute Gasteiger partial charge is 0.772 e. The summed E-state index contributed by atoms with van der Waals surface area (Å²) in [7, 11) is 1.68. The molecule has 0 aliphatic heterocycles. The van der Waals surface area contributed by atoms with Gasteiger partial charge in [0.15, 0.2) is 0 Å². The van der Waals surface area contributed by atoms with Crippen LogP contribution in [0.5, 0.6) is 0 Å². The Hall–Kier alpha value is 1.07. The Morgan fingerprint density at radius 2 is 1.83 bits per heavy atom. The molecule has 0 radical (unpaired) electrons. The van der Waals surface area contributed by atoms with E-state index in [0.717, 1.165) is 25.7 Å². The summed E-state index contributed by atoms with van der Waals surface area (Å²) >= 11 is -1.87. The van der Waals surface area contributed by atoms with Crippen LogP contribution in [-0.2, 0) is 15.8 Å². The van der Waals surface area contributed by atoms with E-state index >= 15 is 0 Å². The molecule has 0 aromatic carbocycles. The molecule has 0 bridgehead atoms. The molecule has 0 aromatic heterocycles. The Balaban J connectivity index is 0.00000121. The molecule has 0 saturated heterocycles. The van der Waals surface area contributed by atoms with E-state index < -0.39 is 11.1 Å². The van der Waals surface area contributed by atoms with Gasteiger partial charge in [0.25, 0.3) is 0 Å². The molecule has 12 heavy (non-hydrogen) atoms. The van der Waals surface area contributed by atoms with Crippen molar-refractivity contribution in [3.8, 4) is 0 Å². The van der Waals surface area contributed by atoms with Gasteiger partial charge in [0.1, 0.15) is 0 Å². The third kappa shape index (κ3) is 3.85. The maximum absolute atomic E-state index is 10.5. The molecule has 5 heteroatoms. The molecular weight excluding hydrogens is 187 g/mol. The fourth-order valence-electron chi connectivity index (χ4n) is 1.46. The first-order valence-corrected chi connectivity index (χ1v) is 4.98. The minimum Gasteiger partial charge on any atom is -0.772 e. The van der Waals surface area contributed by atoms with E-state index in [-0.39, 0.29) is 40.9 Å². The molecule has 1 aliphatic carbocycles. The largest absolute Gasteiger partial charge is 1.00 e. The standard InChI is InChI=1S/C7H14O3S.Na/c1-10-6-2-4-7(5-3-6)11(8)9;/h6-7H,2-5H2,1H3,(H,8,9);/q;+1/p-1. The van der Waals surface area contributed by atoms with Crippen LogP contribution in [-0.4, -0.2) is 27.2 Å². The van der Waals surface area contributed by atoms with Crippen LogP contribution in [0.25, 0.3) is 0 Å². The molecule has 0 N–H and O–H groups in total. The fraction of sp³-hybridized carbons (Fsp3) is 1.00. The molecule has 1 atom stereocenters. The molecule has 0 spiro atoms. The van der Waals surface area contributed by atoms with E-state index in [9.17, 15) is 8.76 Å². The van der Waals surface area contributed by atoms with Crippen LogP contribution in [0, 0.1) is 0 Å². The van der Waals surface area contributed by atoms with Gasteiger partial charge in [-0.2, -0.15) is 0 Å². The van der Waals surface area contributed by atoms with Crippen LogP contribution >= 0.6 is 0 Å². The maximum atomic E-state index is 10.5. The number of hydrogen-bond donors (Lipinski definition) is 0. The first kappa shape index (κ1) is 13.1. The molecule has 66 valence electrons. The van der Waals surface area contributed by atoms with Crippen molar-refractivity contribution in [2.24, 2.45) is 0 Å². The van der Waals surface area contributed by atoms with Crippen LogP contribution in [0.2, 0.25) is 0 Å². The quantitative estimate of drug-likeness (QED) is 0.376. The molecular formula is C7H13NaO3S. The van der Waals surface area contributed by atoms with Crippen LogP contribution in [0.4, 0.5) is 0 Å². The predicted octanol–water partition coefficient (Wildman–Crippen LogP) is -2.17. The minimum absolute atomic E-state index is 0. The zero-order valence-corrected chi connectivity index (χ0v) is 10.4. The molecule has 1 unspecified atom stereocenters. The van der Waals surface area contributed by atoms with Gasteiger partial charge in [0.2, 0.25) is 0 Å². The van der Waals surface area contributed by atoms with Crippen molar-refractivity contribution < 1.29 is 43.1 Å². The second-order valence-corrected chi connectivity index (χ2v) is 4.08. The second kappa shape index (κ2) is 6.51. The summed E-state index contributed by atoms with van der Waals surface area (Å²) in [6.07, 6.45) is 3.57. The van der Waals surface area contributed by atoms with Crippen LogP contribution in [0.15, 0.2) is 0 Å². The average molecular weight is 200 g/mol. The van der Waals surface area contributed by atoms with Crippen molar-refractivity contribution in [1.29, 1.82) is 0 Å². The molecule has 0 aromatic rings. The van der Waals surface area contributed by atoms with Gasteiger partial charge >= 0.3 is 29.6 Å². The Morgan fingerprint density at radius 3 is 2.17 bits per heavy atom. The van der Waals surface area contributed by atoms with Gasteiger partial charge in [-0.05, 0) is 25.7 Å². The van der Waals surface area contributed by atoms with E-state index in [4.69, 9.17) is 4.74 Å². The van der Waals surface area contributed by atoms with Gasteiger partial charge in [-0.15, -0.1) is 0 Å². The summed E-state index contributed by atoms with van der Waals surface area (Å²) in [6.45, 7) is 0. The summed E-state index contributed by atoms with van der Waals surface area (Å²) in [5, 5.41) is -0.124. The summed E-state index contributed by atoms with van der Waals surface area (Å²) in [4.78, 5) is 0. The average Bonchev–Trinajstić information content (AvgIpc) is 2.05. The van der Waals surface area contributed by atoms with E-state index in [1.54, 1.807) is 7.11 Å². The van der Waals surface area contributed by atoms with Crippen molar-refractivity contribution in [2.75, 3.05) is 7.11 Å². The second-order valence-electron chi connectivity index (χ2n) is 2.89. The third-order valence-electron chi connectivity index (χ3n) is 2.23. The maximum Gasteiger partial charge on any atom is 1.00 e. The van der Waals surface area contributed by atoms with Gasteiger partial charge in [0, 0.05) is 12.4 Å². The third-order valence-corrected chi connectivity index (χ3v) is 3.24. The zero-order valence-electron chi connectivity index (χ0n) is 7.62. The van der Waals surface area contributed by atoms with E-state index in [2.05, 4.69) is 0 Å². The number of rotatable bonds is 2. The van der Waals surface area contributed by atoms with Crippen molar-refractivity contribution >= 4 is 11.1 Å². The molecule has 1 saturated carbocycles. The van der Waals surface area contributed by atoms with Crippen molar-refractivity contribution in [1.82, 2.24) is 0 Å². The van der Waals surface area contributed by atoms with E-state index in [1.165, 1.54) is 0 Å². The van der Waals surface area contributed by atoms with Gasteiger partial charge in [0.05, 0.1) is 6.10 Å². The number of hydrogen-bond acceptors (Lipinski definition) is 3. The summed E-state index contributed by atoms with van der Waals surface area (Å²) in [5.74, 6) is 0. The van der Waals surface area contributed by atoms with Crippen LogP contribution in [0.1, 0.15) is 25.7 Å². The normalized spacial score (nSPS) is 32.2. The molecule has 1 rings (SSSR count). The predicted molar refractivity (Wildman–Crippen MR) is 42.0 cm³/mol. The van der Waals surface area contributed by atoms with Gasteiger partial charge in [-0.1, -0.05) is 11.1 Å². The topological polar surface area (TPSA) is 49.4 Å². The Labute approximate surface area is 97.8 Å². The SMILES string of the molecule is COC1CCC(S(=O)[O-])CC1.[Na+]. The van der Waals surface area contributed by atoms with Gasteiger partial charge < -0.3 is 9.29 Å². The van der Waals surface area contributed by atoms with Crippen LogP contribution < -0.4 is 29.6 Å². The first-order chi connectivity index (χ1) is 5.24. The van der Waals surface area contributed by atoms with Crippen molar-refractivity contribution in [3.05, 3.63) is 0 Å². The Morgan fingerprint density at radius 1 is 1.33 bits per heavy atom. The minimum atomic E-state index is -1.87. The van der Waals surface area contributed by atoms with Crippen molar-refractivity contribution in [2.45, 2.75) is 37.0 Å². The Kier molecular flexibility index (Phi) is 7.09. The van der Waals surface area contributed by atoms with E-state index in [1.807, 2.05) is 0 Å². The van der Waals surface area contributed by atoms with E-state index in [0.29, 0.717) is 0 Å². The monoisotopic (exact) mass is 200 g/mol. The summed E-state index contributed by atoms with van der Waals surface area (Å²) < 4.78 is 26.1. The van der Waals surface area contributed by atoms with Crippen LogP contribution in [0.3, 0.4) is 0 Å². The van der Waals surface area contributed by atoms with Gasteiger partial charge in [-0.3, -0.25) is 4.21 Å². The van der Waals surface area contributed by atoms with Crippen molar-refractivity contribution in [3.63, 3.8) is 0 Å².